The minimum atomic E-state index is -0.211. The van der Waals surface area contributed by atoms with Crippen LogP contribution in [0.3, 0.4) is 0 Å². The zero-order valence-electron chi connectivity index (χ0n) is 9.92. The number of imidazole rings is 1. The van der Waals surface area contributed by atoms with Gasteiger partial charge in [-0.25, -0.2) is 4.98 Å². The van der Waals surface area contributed by atoms with Gasteiger partial charge in [0.15, 0.2) is 11.4 Å². The average molecular weight is 316 g/mol. The summed E-state index contributed by atoms with van der Waals surface area (Å²) < 4.78 is 2.61. The zero-order valence-corrected chi connectivity index (χ0v) is 11.5. The van der Waals surface area contributed by atoms with E-state index in [1.54, 1.807) is 4.57 Å². The number of nitrogens with two attached hydrogens (primary N) is 1. The molecular formula is C13H10BrN5. The molecule has 1 heterocycles. The van der Waals surface area contributed by atoms with Crippen LogP contribution in [0.25, 0.3) is 0 Å². The summed E-state index contributed by atoms with van der Waals surface area (Å²) >= 11 is 3.37. The maximum Gasteiger partial charge on any atom is 0.176 e. The first-order valence-electron chi connectivity index (χ1n) is 5.53. The van der Waals surface area contributed by atoms with Crippen molar-refractivity contribution in [1.29, 1.82) is 10.5 Å². The third kappa shape index (κ3) is 2.50. The van der Waals surface area contributed by atoms with Crippen molar-refractivity contribution in [1.82, 2.24) is 9.55 Å². The maximum atomic E-state index is 9.14. The SMILES string of the molecule is N#Cc1ncn(C(CN)c2ccc(Br)cc2)c1C#N. The van der Waals surface area contributed by atoms with Crippen molar-refractivity contribution in [3.05, 3.63) is 52.0 Å². The molecule has 0 aliphatic rings. The largest absolute Gasteiger partial charge is 0.328 e. The second kappa shape index (κ2) is 5.66. The molecule has 1 aromatic carbocycles. The van der Waals surface area contributed by atoms with Gasteiger partial charge < -0.3 is 10.3 Å². The topological polar surface area (TPSA) is 91.4 Å². The van der Waals surface area contributed by atoms with E-state index >= 15 is 0 Å². The van der Waals surface area contributed by atoms with Crippen LogP contribution in [0.15, 0.2) is 35.1 Å². The van der Waals surface area contributed by atoms with Gasteiger partial charge in [0.2, 0.25) is 0 Å². The Kier molecular flexibility index (Phi) is 3.96. The lowest BCUT2D eigenvalue weighted by Gasteiger charge is -2.17. The highest BCUT2D eigenvalue weighted by atomic mass is 79.9. The normalized spacial score (nSPS) is 11.6. The van der Waals surface area contributed by atoms with Gasteiger partial charge in [0.25, 0.3) is 0 Å². The monoisotopic (exact) mass is 315 g/mol. The first kappa shape index (κ1) is 13.3. The van der Waals surface area contributed by atoms with Crippen LogP contribution in [0.2, 0.25) is 0 Å². The third-order valence-electron chi connectivity index (χ3n) is 2.82. The molecule has 0 radical (unpaired) electrons. The highest BCUT2D eigenvalue weighted by Gasteiger charge is 2.18. The second-order valence-corrected chi connectivity index (χ2v) is 4.79. The summed E-state index contributed by atoms with van der Waals surface area (Å²) in [6.45, 7) is 0.317. The van der Waals surface area contributed by atoms with E-state index in [4.69, 9.17) is 16.3 Å². The molecule has 5 nitrogen and oxygen atoms in total. The molecule has 0 saturated heterocycles. The lowest BCUT2D eigenvalue weighted by molar-refractivity contribution is 0.588. The number of rotatable bonds is 3. The third-order valence-corrected chi connectivity index (χ3v) is 3.35. The van der Waals surface area contributed by atoms with Crippen LogP contribution in [0, 0.1) is 22.7 Å². The van der Waals surface area contributed by atoms with E-state index in [1.807, 2.05) is 36.4 Å². The number of nitriles is 2. The molecule has 0 spiro atoms. The summed E-state index contributed by atoms with van der Waals surface area (Å²) in [7, 11) is 0. The molecule has 0 amide bonds. The molecule has 2 aromatic rings. The molecule has 1 atom stereocenters. The molecule has 6 heteroatoms. The predicted octanol–water partition coefficient (Wildman–Crippen LogP) is 1.94. The van der Waals surface area contributed by atoms with E-state index in [-0.39, 0.29) is 17.4 Å². The Morgan fingerprint density at radius 3 is 2.47 bits per heavy atom. The second-order valence-electron chi connectivity index (χ2n) is 3.88. The van der Waals surface area contributed by atoms with Crippen molar-refractivity contribution in [3.63, 3.8) is 0 Å². The number of nitrogens with zero attached hydrogens (tertiary/aromatic N) is 4. The summed E-state index contributed by atoms with van der Waals surface area (Å²) in [5, 5.41) is 18.1. The van der Waals surface area contributed by atoms with E-state index in [9.17, 15) is 0 Å². The Hall–Kier alpha value is -2.15. The molecule has 0 fully saturated rings. The average Bonchev–Trinajstić information content (AvgIpc) is 2.84. The van der Waals surface area contributed by atoms with Gasteiger partial charge >= 0.3 is 0 Å². The van der Waals surface area contributed by atoms with E-state index in [0.717, 1.165) is 10.0 Å². The quantitative estimate of drug-likeness (QED) is 0.936. The summed E-state index contributed by atoms with van der Waals surface area (Å²) in [6.07, 6.45) is 1.48. The van der Waals surface area contributed by atoms with E-state index in [1.165, 1.54) is 6.33 Å². The van der Waals surface area contributed by atoms with Crippen molar-refractivity contribution in [3.8, 4) is 12.1 Å². The van der Waals surface area contributed by atoms with Crippen LogP contribution in [-0.4, -0.2) is 16.1 Å². The number of hydrogen-bond acceptors (Lipinski definition) is 4. The summed E-state index contributed by atoms with van der Waals surface area (Å²) in [5.41, 5.74) is 7.12. The first-order chi connectivity index (χ1) is 9.21. The lowest BCUT2D eigenvalue weighted by atomic mass is 10.1. The summed E-state index contributed by atoms with van der Waals surface area (Å²) in [5.74, 6) is 0. The zero-order chi connectivity index (χ0) is 13.8. The standard InChI is InChI=1S/C13H10BrN5/c14-10-3-1-9(2-4-10)12(6-16)19-8-18-11(5-15)13(19)7-17/h1-4,8,12H,6,16H2. The highest BCUT2D eigenvalue weighted by Crippen LogP contribution is 2.22. The molecule has 19 heavy (non-hydrogen) atoms. The Labute approximate surface area is 119 Å². The molecule has 1 aromatic heterocycles. The molecule has 1 unspecified atom stereocenters. The van der Waals surface area contributed by atoms with Crippen molar-refractivity contribution in [2.75, 3.05) is 6.54 Å². The smallest absolute Gasteiger partial charge is 0.176 e. The molecule has 0 aliphatic heterocycles. The number of benzene rings is 1. The van der Waals surface area contributed by atoms with Crippen molar-refractivity contribution >= 4 is 15.9 Å². The van der Waals surface area contributed by atoms with Crippen LogP contribution < -0.4 is 5.73 Å². The fraction of sp³-hybridized carbons (Fsp3) is 0.154. The molecular weight excluding hydrogens is 306 g/mol. The van der Waals surface area contributed by atoms with Gasteiger partial charge in [0.1, 0.15) is 12.1 Å². The number of hydrogen-bond donors (Lipinski definition) is 1. The van der Waals surface area contributed by atoms with Crippen LogP contribution in [0.4, 0.5) is 0 Å². The highest BCUT2D eigenvalue weighted by molar-refractivity contribution is 9.10. The number of aromatic nitrogens is 2. The predicted molar refractivity (Wildman–Crippen MR) is 73.0 cm³/mol. The van der Waals surface area contributed by atoms with Crippen LogP contribution in [0.5, 0.6) is 0 Å². The summed E-state index contributed by atoms with van der Waals surface area (Å²) in [4.78, 5) is 3.93. The van der Waals surface area contributed by atoms with Gasteiger partial charge in [-0.2, -0.15) is 10.5 Å². The van der Waals surface area contributed by atoms with Gasteiger partial charge in [-0.15, -0.1) is 0 Å². The lowest BCUT2D eigenvalue weighted by Crippen LogP contribution is -2.21. The van der Waals surface area contributed by atoms with Gasteiger partial charge in [0.05, 0.1) is 12.4 Å². The van der Waals surface area contributed by atoms with Gasteiger partial charge in [0, 0.05) is 11.0 Å². The van der Waals surface area contributed by atoms with Crippen molar-refractivity contribution in [2.45, 2.75) is 6.04 Å². The molecule has 0 saturated carbocycles. The Morgan fingerprint density at radius 2 is 1.95 bits per heavy atom. The van der Waals surface area contributed by atoms with Gasteiger partial charge in [-0.05, 0) is 17.7 Å². The Morgan fingerprint density at radius 1 is 1.26 bits per heavy atom. The molecule has 94 valence electrons. The molecule has 0 aliphatic carbocycles. The Balaban J connectivity index is 2.49. The van der Waals surface area contributed by atoms with Gasteiger partial charge in [-0.3, -0.25) is 0 Å². The minimum absolute atomic E-state index is 0.123. The first-order valence-corrected chi connectivity index (χ1v) is 6.33. The van der Waals surface area contributed by atoms with Crippen LogP contribution in [0.1, 0.15) is 23.0 Å². The van der Waals surface area contributed by atoms with Crippen LogP contribution >= 0.6 is 15.9 Å². The summed E-state index contributed by atoms with van der Waals surface area (Å²) in [6, 6.07) is 11.4. The van der Waals surface area contributed by atoms with E-state index in [0.29, 0.717) is 6.54 Å². The van der Waals surface area contributed by atoms with Crippen molar-refractivity contribution < 1.29 is 0 Å². The minimum Gasteiger partial charge on any atom is -0.328 e. The van der Waals surface area contributed by atoms with E-state index in [2.05, 4.69) is 20.9 Å². The van der Waals surface area contributed by atoms with Gasteiger partial charge in [-0.1, -0.05) is 28.1 Å². The molecule has 0 bridgehead atoms. The fourth-order valence-corrected chi connectivity index (χ4v) is 2.15. The van der Waals surface area contributed by atoms with Crippen LogP contribution in [-0.2, 0) is 0 Å². The molecule has 2 rings (SSSR count). The molecule has 2 N–H and O–H groups in total. The van der Waals surface area contributed by atoms with Crippen molar-refractivity contribution in [2.24, 2.45) is 5.73 Å². The Bertz CT molecular complexity index is 660. The number of halogens is 1. The fourth-order valence-electron chi connectivity index (χ4n) is 1.89. The van der Waals surface area contributed by atoms with E-state index < -0.39 is 0 Å². The maximum absolute atomic E-state index is 9.14.